The first-order valence-electron chi connectivity index (χ1n) is 9.16. The van der Waals surface area contributed by atoms with Crippen LogP contribution in [-0.4, -0.2) is 63.5 Å². The Balaban J connectivity index is 1.84. The molecular weight excluding hydrogens is 362 g/mol. The Bertz CT molecular complexity index is 997. The minimum absolute atomic E-state index is 0.0172. The number of imidazole rings is 1. The molecule has 1 aliphatic rings. The molecule has 0 aliphatic carbocycles. The lowest BCUT2D eigenvalue weighted by Crippen LogP contribution is -2.37. The number of ether oxygens (including phenoxy) is 2. The predicted molar refractivity (Wildman–Crippen MR) is 102 cm³/mol. The van der Waals surface area contributed by atoms with Crippen LogP contribution in [-0.2, 0) is 20.8 Å². The number of hydrogen-bond donors (Lipinski definition) is 1. The number of anilines is 1. The number of carbonyl (C=O) groups excluding carboxylic acids is 1. The maximum Gasteiger partial charge on any atom is 0.326 e. The van der Waals surface area contributed by atoms with E-state index in [9.17, 15) is 9.90 Å². The van der Waals surface area contributed by atoms with Crippen LogP contribution in [0.15, 0.2) is 30.6 Å². The second kappa shape index (κ2) is 7.81. The highest BCUT2D eigenvalue weighted by Crippen LogP contribution is 2.29. The number of hydrogen-bond acceptors (Lipinski definition) is 8. The van der Waals surface area contributed by atoms with Gasteiger partial charge in [0.2, 0.25) is 5.95 Å². The summed E-state index contributed by atoms with van der Waals surface area (Å²) in [5.74, 6) is 0.329. The smallest absolute Gasteiger partial charge is 0.326 e. The van der Waals surface area contributed by atoms with Gasteiger partial charge in [0, 0.05) is 18.7 Å². The van der Waals surface area contributed by atoms with Crippen LogP contribution in [0.25, 0.3) is 22.4 Å². The molecule has 0 radical (unpaired) electrons. The van der Waals surface area contributed by atoms with Crippen LogP contribution in [0.5, 0.6) is 5.75 Å². The monoisotopic (exact) mass is 383 g/mol. The van der Waals surface area contributed by atoms with Crippen LogP contribution in [0.4, 0.5) is 5.95 Å². The Hall–Kier alpha value is -3.20. The minimum atomic E-state index is -0.354. The number of phenolic OH excluding ortho intramolecular Hbond substituents is 1. The van der Waals surface area contributed by atoms with E-state index in [4.69, 9.17) is 14.5 Å². The molecule has 3 aromatic rings. The van der Waals surface area contributed by atoms with Crippen LogP contribution in [0.2, 0.25) is 0 Å². The van der Waals surface area contributed by atoms with Crippen molar-refractivity contribution in [3.63, 3.8) is 0 Å². The maximum absolute atomic E-state index is 12.0. The minimum Gasteiger partial charge on any atom is -0.508 e. The molecule has 1 fully saturated rings. The van der Waals surface area contributed by atoms with Crippen molar-refractivity contribution in [3.05, 3.63) is 30.6 Å². The molecule has 9 heteroatoms. The van der Waals surface area contributed by atoms with Crippen LogP contribution in [0, 0.1) is 0 Å². The first-order chi connectivity index (χ1) is 13.7. The van der Waals surface area contributed by atoms with Crippen molar-refractivity contribution in [2.24, 2.45) is 0 Å². The van der Waals surface area contributed by atoms with Crippen molar-refractivity contribution in [2.45, 2.75) is 13.5 Å². The van der Waals surface area contributed by atoms with E-state index >= 15 is 0 Å². The van der Waals surface area contributed by atoms with Gasteiger partial charge in [-0.2, -0.15) is 4.98 Å². The summed E-state index contributed by atoms with van der Waals surface area (Å²) in [5.41, 5.74) is 2.43. The normalized spacial score (nSPS) is 14.4. The summed E-state index contributed by atoms with van der Waals surface area (Å²) < 4.78 is 12.1. The third-order valence-corrected chi connectivity index (χ3v) is 4.47. The molecule has 2 aromatic heterocycles. The van der Waals surface area contributed by atoms with E-state index in [0.29, 0.717) is 55.7 Å². The predicted octanol–water partition coefficient (Wildman–Crippen LogP) is 1.60. The highest BCUT2D eigenvalue weighted by atomic mass is 16.5. The standard InChI is InChI=1S/C19H21N5O4/c1-2-28-15(26)11-24-12-20-17-16(13-4-3-5-14(25)10-13)21-19(22-18(17)24)23-6-8-27-9-7-23/h3-5,10,12,25H,2,6-9,11H2,1H3. The molecule has 0 unspecified atom stereocenters. The van der Waals surface area contributed by atoms with E-state index in [-0.39, 0.29) is 18.3 Å². The fourth-order valence-electron chi connectivity index (χ4n) is 3.15. The Labute approximate surface area is 161 Å². The molecule has 0 saturated carbocycles. The van der Waals surface area contributed by atoms with Crippen LogP contribution in [0.3, 0.4) is 0 Å². The molecule has 9 nitrogen and oxygen atoms in total. The number of rotatable bonds is 5. The summed E-state index contributed by atoms with van der Waals surface area (Å²) >= 11 is 0. The maximum atomic E-state index is 12.0. The van der Waals surface area contributed by atoms with E-state index in [1.165, 1.54) is 0 Å². The molecule has 1 N–H and O–H groups in total. The SMILES string of the molecule is CCOC(=O)Cn1cnc2c(-c3cccc(O)c3)nc(N3CCOCC3)nc21. The highest BCUT2D eigenvalue weighted by Gasteiger charge is 2.21. The van der Waals surface area contributed by atoms with Gasteiger partial charge in [0.05, 0.1) is 26.1 Å². The van der Waals surface area contributed by atoms with Crippen molar-refractivity contribution >= 4 is 23.1 Å². The van der Waals surface area contributed by atoms with Gasteiger partial charge >= 0.3 is 5.97 Å². The van der Waals surface area contributed by atoms with Gasteiger partial charge < -0.3 is 24.0 Å². The van der Waals surface area contributed by atoms with Gasteiger partial charge in [-0.05, 0) is 19.1 Å². The second-order valence-corrected chi connectivity index (χ2v) is 6.37. The van der Waals surface area contributed by atoms with Gasteiger partial charge in [0.15, 0.2) is 5.65 Å². The lowest BCUT2D eigenvalue weighted by atomic mass is 10.1. The fraction of sp³-hybridized carbons (Fsp3) is 0.368. The van der Waals surface area contributed by atoms with Crippen molar-refractivity contribution in [1.82, 2.24) is 19.5 Å². The third kappa shape index (κ3) is 3.61. The third-order valence-electron chi connectivity index (χ3n) is 4.47. The van der Waals surface area contributed by atoms with Gasteiger partial charge in [0.25, 0.3) is 0 Å². The summed E-state index contributed by atoms with van der Waals surface area (Å²) in [6.07, 6.45) is 1.56. The second-order valence-electron chi connectivity index (χ2n) is 6.37. The molecule has 28 heavy (non-hydrogen) atoms. The lowest BCUT2D eigenvalue weighted by Gasteiger charge is -2.27. The van der Waals surface area contributed by atoms with Gasteiger partial charge in [-0.3, -0.25) is 4.79 Å². The van der Waals surface area contributed by atoms with E-state index < -0.39 is 0 Å². The largest absolute Gasteiger partial charge is 0.508 e. The number of aromatic hydroxyl groups is 1. The van der Waals surface area contributed by atoms with E-state index in [0.717, 1.165) is 5.56 Å². The van der Waals surface area contributed by atoms with E-state index in [1.807, 2.05) is 11.0 Å². The Morgan fingerprint density at radius 1 is 1.29 bits per heavy atom. The topological polar surface area (TPSA) is 103 Å². The first-order valence-corrected chi connectivity index (χ1v) is 9.16. The van der Waals surface area contributed by atoms with E-state index in [2.05, 4.69) is 9.97 Å². The molecule has 3 heterocycles. The summed E-state index contributed by atoms with van der Waals surface area (Å²) in [4.78, 5) is 27.8. The number of phenols is 1. The number of fused-ring (bicyclic) bond motifs is 1. The molecule has 0 bridgehead atoms. The van der Waals surface area contributed by atoms with Gasteiger partial charge in [-0.1, -0.05) is 12.1 Å². The van der Waals surface area contributed by atoms with Crippen molar-refractivity contribution in [2.75, 3.05) is 37.8 Å². The molecule has 0 atom stereocenters. The van der Waals surface area contributed by atoms with Gasteiger partial charge in [-0.25, -0.2) is 9.97 Å². The molecule has 146 valence electrons. The lowest BCUT2D eigenvalue weighted by molar-refractivity contribution is -0.143. The molecule has 1 saturated heterocycles. The zero-order valence-corrected chi connectivity index (χ0v) is 15.5. The van der Waals surface area contributed by atoms with Crippen molar-refractivity contribution in [3.8, 4) is 17.0 Å². The Morgan fingerprint density at radius 2 is 2.11 bits per heavy atom. The van der Waals surface area contributed by atoms with E-state index in [1.54, 1.807) is 36.0 Å². The van der Waals surface area contributed by atoms with Crippen LogP contribution < -0.4 is 4.90 Å². The molecule has 0 amide bonds. The number of benzene rings is 1. The van der Waals surface area contributed by atoms with Crippen LogP contribution in [0.1, 0.15) is 6.92 Å². The first kappa shape index (κ1) is 18.2. The number of aromatic nitrogens is 4. The van der Waals surface area contributed by atoms with Crippen molar-refractivity contribution < 1.29 is 19.4 Å². The van der Waals surface area contributed by atoms with Gasteiger partial charge in [-0.15, -0.1) is 0 Å². The fourth-order valence-corrected chi connectivity index (χ4v) is 3.15. The molecule has 4 rings (SSSR count). The summed E-state index contributed by atoms with van der Waals surface area (Å²) in [6, 6.07) is 6.84. The number of carbonyl (C=O) groups is 1. The summed E-state index contributed by atoms with van der Waals surface area (Å²) in [7, 11) is 0. The van der Waals surface area contributed by atoms with Crippen molar-refractivity contribution in [1.29, 1.82) is 0 Å². The summed E-state index contributed by atoms with van der Waals surface area (Å²) in [6.45, 7) is 4.66. The quantitative estimate of drug-likeness (QED) is 0.663. The zero-order valence-electron chi connectivity index (χ0n) is 15.5. The Morgan fingerprint density at radius 3 is 2.86 bits per heavy atom. The van der Waals surface area contributed by atoms with Crippen LogP contribution >= 0.6 is 0 Å². The summed E-state index contributed by atoms with van der Waals surface area (Å²) in [5, 5.41) is 9.89. The Kier molecular flexibility index (Phi) is 5.07. The highest BCUT2D eigenvalue weighted by molar-refractivity contribution is 5.89. The molecule has 1 aliphatic heterocycles. The average molecular weight is 383 g/mol. The zero-order chi connectivity index (χ0) is 19.5. The molecule has 0 spiro atoms. The molecule has 1 aromatic carbocycles. The molecular formula is C19H21N5O4. The number of nitrogens with zero attached hydrogens (tertiary/aromatic N) is 5. The average Bonchev–Trinajstić information content (AvgIpc) is 3.11. The van der Waals surface area contributed by atoms with Gasteiger partial charge in [0.1, 0.15) is 23.5 Å². The number of morpholine rings is 1. The number of esters is 1.